The first-order valence-electron chi connectivity index (χ1n) is 23.5. The normalized spacial score (nSPS) is 26.9. The van der Waals surface area contributed by atoms with Crippen molar-refractivity contribution in [1.82, 2.24) is 9.38 Å². The van der Waals surface area contributed by atoms with Gasteiger partial charge in [0.2, 0.25) is 0 Å². The van der Waals surface area contributed by atoms with Crippen LogP contribution in [0.5, 0.6) is 0 Å². The summed E-state index contributed by atoms with van der Waals surface area (Å²) in [5.41, 5.74) is 29.7. The van der Waals surface area contributed by atoms with Gasteiger partial charge in [0.25, 0.3) is 0 Å². The van der Waals surface area contributed by atoms with Crippen molar-refractivity contribution in [3.8, 4) is 6.07 Å². The molecule has 9 aliphatic carbocycles. The second kappa shape index (κ2) is 9.80. The lowest BCUT2D eigenvalue weighted by Gasteiger charge is -2.58. The number of fused-ring (bicyclic) bond motifs is 22. The molecule has 3 heterocycles. The second-order valence-electron chi connectivity index (χ2n) is 20.5. The predicted octanol–water partition coefficient (Wildman–Crippen LogP) is 12.9. The van der Waals surface area contributed by atoms with E-state index in [1.807, 2.05) is 0 Å². The second-order valence-corrected chi connectivity index (χ2v) is 20.5. The highest BCUT2D eigenvalue weighted by Crippen LogP contribution is 2.80. The van der Waals surface area contributed by atoms with Gasteiger partial charge in [-0.1, -0.05) is 146 Å². The number of nitriles is 1. The monoisotopic (exact) mass is 819 g/mol. The van der Waals surface area contributed by atoms with Gasteiger partial charge in [-0.25, -0.2) is 0 Å². The Morgan fingerprint density at radius 2 is 0.969 bits per heavy atom. The van der Waals surface area contributed by atoms with Crippen molar-refractivity contribution in [1.29, 1.82) is 5.26 Å². The summed E-state index contributed by atoms with van der Waals surface area (Å²) >= 11 is 0. The zero-order chi connectivity index (χ0) is 41.6. The summed E-state index contributed by atoms with van der Waals surface area (Å²) in [7, 11) is 0. The zero-order valence-electron chi connectivity index (χ0n) is 34.9. The third-order valence-corrected chi connectivity index (χ3v) is 18.9. The molecule has 11 aromatic rings. The van der Waals surface area contributed by atoms with Gasteiger partial charge in [0, 0.05) is 67.9 Å². The number of rotatable bonds is 0. The molecule has 6 atom stereocenters. The van der Waals surface area contributed by atoms with Crippen LogP contribution in [0.1, 0.15) is 141 Å². The number of hydrogen-bond acceptors (Lipinski definition) is 2. The molecular weight excluding hydrogens is 787 g/mol. The molecule has 0 amide bonds. The fourth-order valence-corrected chi connectivity index (χ4v) is 17.3. The van der Waals surface area contributed by atoms with Crippen LogP contribution in [0, 0.1) is 11.3 Å². The molecule has 6 unspecified atom stereocenters. The Balaban J connectivity index is 1.03. The molecule has 20 rings (SSSR count). The molecule has 0 aliphatic heterocycles. The zero-order valence-corrected chi connectivity index (χ0v) is 34.9. The predicted molar refractivity (Wildman–Crippen MR) is 253 cm³/mol. The van der Waals surface area contributed by atoms with Gasteiger partial charge in [-0.3, -0.25) is 4.98 Å². The van der Waals surface area contributed by atoms with Crippen molar-refractivity contribution in [2.45, 2.75) is 46.3 Å². The van der Waals surface area contributed by atoms with Gasteiger partial charge in [-0.05, 0) is 107 Å². The van der Waals surface area contributed by atoms with E-state index in [0.29, 0.717) is 5.92 Å². The summed E-state index contributed by atoms with van der Waals surface area (Å²) in [5.74, 6) is 1.09. The fraction of sp³-hybridized carbons (Fsp3) is 0.129. The van der Waals surface area contributed by atoms with Crippen molar-refractivity contribution in [3.05, 3.63) is 270 Å². The molecule has 0 N–H and O–H groups in total. The van der Waals surface area contributed by atoms with E-state index in [0.717, 1.165) is 11.1 Å². The Hall–Kier alpha value is -7.80. The minimum absolute atomic E-state index is 0.106. The molecule has 0 saturated carbocycles. The topological polar surface area (TPSA) is 41.1 Å². The molecule has 2 bridgehead atoms. The van der Waals surface area contributed by atoms with Crippen LogP contribution in [0.15, 0.2) is 164 Å². The minimum Gasteiger partial charge on any atom is -0.306 e. The largest absolute Gasteiger partial charge is 0.306 e. The van der Waals surface area contributed by atoms with Crippen LogP contribution in [0.3, 0.4) is 0 Å². The average molecular weight is 820 g/mol. The molecule has 8 aromatic carbocycles. The minimum atomic E-state index is -0.168. The van der Waals surface area contributed by atoms with Crippen LogP contribution >= 0.6 is 0 Å². The number of benzene rings is 8. The van der Waals surface area contributed by atoms with E-state index in [-0.39, 0.29) is 40.4 Å². The molecule has 0 radical (unpaired) electrons. The van der Waals surface area contributed by atoms with E-state index in [1.54, 1.807) is 0 Å². The van der Waals surface area contributed by atoms with Crippen molar-refractivity contribution in [3.63, 3.8) is 0 Å². The molecule has 65 heavy (non-hydrogen) atoms. The Morgan fingerprint density at radius 3 is 1.60 bits per heavy atom. The molecule has 3 nitrogen and oxygen atoms in total. The van der Waals surface area contributed by atoms with E-state index in [1.165, 1.54) is 133 Å². The first kappa shape index (κ1) is 31.9. The maximum Gasteiger partial charge on any atom is 0.0995 e. The van der Waals surface area contributed by atoms with Gasteiger partial charge in [0.05, 0.1) is 40.1 Å². The molecule has 2 spiro atoms. The molecular formula is C62H33N3. The highest BCUT2D eigenvalue weighted by molar-refractivity contribution is 6.28. The summed E-state index contributed by atoms with van der Waals surface area (Å²) in [6, 6.07) is 63.2. The Kier molecular flexibility index (Phi) is 4.82. The highest BCUT2D eigenvalue weighted by atomic mass is 15.0. The van der Waals surface area contributed by atoms with Gasteiger partial charge in [0.1, 0.15) is 0 Å². The van der Waals surface area contributed by atoms with E-state index in [9.17, 15) is 5.26 Å². The number of aromatic nitrogens is 2. The van der Waals surface area contributed by atoms with Crippen molar-refractivity contribution in [2.75, 3.05) is 0 Å². The van der Waals surface area contributed by atoms with Gasteiger partial charge >= 0.3 is 0 Å². The first-order valence-corrected chi connectivity index (χ1v) is 23.5. The highest BCUT2D eigenvalue weighted by Gasteiger charge is 2.72. The van der Waals surface area contributed by atoms with E-state index in [2.05, 4.69) is 174 Å². The van der Waals surface area contributed by atoms with E-state index >= 15 is 0 Å². The van der Waals surface area contributed by atoms with Crippen LogP contribution < -0.4 is 0 Å². The Labute approximate surface area is 373 Å². The lowest BCUT2D eigenvalue weighted by molar-refractivity contribution is 0.328. The smallest absolute Gasteiger partial charge is 0.0995 e. The first-order chi connectivity index (χ1) is 32.3. The lowest BCUT2D eigenvalue weighted by Crippen LogP contribution is -2.53. The number of nitrogens with zero attached hydrogens (tertiary/aromatic N) is 3. The van der Waals surface area contributed by atoms with Crippen LogP contribution in [-0.2, 0) is 10.8 Å². The molecule has 0 saturated heterocycles. The van der Waals surface area contributed by atoms with Gasteiger partial charge in [0.15, 0.2) is 0 Å². The number of hydrogen-bond donors (Lipinski definition) is 0. The molecule has 9 aliphatic rings. The van der Waals surface area contributed by atoms with Crippen molar-refractivity contribution in [2.24, 2.45) is 0 Å². The van der Waals surface area contributed by atoms with Gasteiger partial charge in [-0.2, -0.15) is 5.26 Å². The number of pyridine rings is 1. The van der Waals surface area contributed by atoms with Crippen LogP contribution in [0.2, 0.25) is 0 Å². The molecule has 3 heteroatoms. The summed E-state index contributed by atoms with van der Waals surface area (Å²) < 4.78 is 2.60. The third kappa shape index (κ3) is 2.84. The Bertz CT molecular complexity index is 4230. The van der Waals surface area contributed by atoms with Crippen LogP contribution in [-0.4, -0.2) is 9.38 Å². The van der Waals surface area contributed by atoms with Crippen molar-refractivity contribution >= 4 is 38.1 Å². The summed E-state index contributed by atoms with van der Waals surface area (Å²) in [4.78, 5) is 5.61. The van der Waals surface area contributed by atoms with E-state index < -0.39 is 0 Å². The molecule has 296 valence electrons. The van der Waals surface area contributed by atoms with Crippen LogP contribution in [0.25, 0.3) is 38.1 Å². The maximum atomic E-state index is 11.4. The Morgan fingerprint density at radius 1 is 0.446 bits per heavy atom. The summed E-state index contributed by atoms with van der Waals surface area (Å²) in [6.45, 7) is 0. The summed E-state index contributed by atoms with van der Waals surface area (Å²) in [5, 5.41) is 16.9. The SMILES string of the molecule is N#Cc1cc2c(c3c1C1c4ccccc4C14c1ccccc1C34)c1cc3c(c4c5c6c(ncc5n2c14)C1c2ccccc2C2c4ccccc4C621)C1c2ccccc2C3c2ccccc21. The van der Waals surface area contributed by atoms with Gasteiger partial charge in [-0.15, -0.1) is 0 Å². The van der Waals surface area contributed by atoms with Crippen LogP contribution in [0.4, 0.5) is 0 Å². The fourth-order valence-electron chi connectivity index (χ4n) is 17.3. The molecule has 3 aromatic heterocycles. The maximum absolute atomic E-state index is 11.4. The lowest BCUT2D eigenvalue weighted by atomic mass is 9.43. The summed E-state index contributed by atoms with van der Waals surface area (Å²) in [6.07, 6.45) is 2.23. The average Bonchev–Trinajstić information content (AvgIpc) is 3.98. The van der Waals surface area contributed by atoms with Gasteiger partial charge < -0.3 is 4.40 Å². The quantitative estimate of drug-likeness (QED) is 0.153. The molecule has 0 fully saturated rings. The van der Waals surface area contributed by atoms with Crippen molar-refractivity contribution < 1.29 is 0 Å². The van der Waals surface area contributed by atoms with E-state index in [4.69, 9.17) is 4.98 Å². The standard InChI is InChI=1S/C62H33N3/c63-27-29-25-44-49(52-46(29)55-37-20-8-10-22-41(37)61(55)42-23-11-9-21-38(42)56(52)61)40-26-39-47-30-13-1-3-15-32(30)48(33-16-4-2-14-31(33)47)50(39)53-51-45(65(44)60(40)53)28-64-59-57-35-18-6-5-17-34(35)54-36-19-7-12-24-43(36)62(54,57)58(51)59/h1-26,28,47-48,54-57H. The third-order valence-electron chi connectivity index (χ3n) is 18.9.